The van der Waals surface area contributed by atoms with Gasteiger partial charge in [0.2, 0.25) is 11.8 Å². The number of nitrogens with zero attached hydrogens (tertiary/aromatic N) is 3. The van der Waals surface area contributed by atoms with Gasteiger partial charge in [-0.3, -0.25) is 14.4 Å². The van der Waals surface area contributed by atoms with E-state index in [4.69, 9.17) is 4.74 Å². The van der Waals surface area contributed by atoms with Crippen LogP contribution in [0.2, 0.25) is 0 Å². The molecule has 2 unspecified atom stereocenters. The summed E-state index contributed by atoms with van der Waals surface area (Å²) >= 11 is 0. The Labute approximate surface area is 273 Å². The van der Waals surface area contributed by atoms with Gasteiger partial charge >= 0.3 is 0 Å². The van der Waals surface area contributed by atoms with Crippen molar-refractivity contribution in [1.29, 1.82) is 0 Å². The molecule has 8 heteroatoms. The summed E-state index contributed by atoms with van der Waals surface area (Å²) in [5.74, 6) is -2.25. The topological polar surface area (TPSA) is 90.4 Å². The van der Waals surface area contributed by atoms with Gasteiger partial charge in [0.1, 0.15) is 11.6 Å². The number of fused-ring (bicyclic) bond motifs is 1. The van der Waals surface area contributed by atoms with Gasteiger partial charge in [0.05, 0.1) is 30.1 Å². The number of rotatable bonds is 13. The molecule has 3 amide bonds. The summed E-state index contributed by atoms with van der Waals surface area (Å²) in [5, 5.41) is 10.7. The normalized spacial score (nSPS) is 27.1. The van der Waals surface area contributed by atoms with E-state index in [1.54, 1.807) is 26.9 Å². The van der Waals surface area contributed by atoms with Crippen molar-refractivity contribution < 1.29 is 24.2 Å². The van der Waals surface area contributed by atoms with Gasteiger partial charge in [-0.15, -0.1) is 13.2 Å². The van der Waals surface area contributed by atoms with Crippen LogP contribution in [-0.4, -0.2) is 75.6 Å². The van der Waals surface area contributed by atoms with Crippen LogP contribution in [0.3, 0.4) is 0 Å². The summed E-state index contributed by atoms with van der Waals surface area (Å²) in [6, 6.07) is 14.1. The first kappa shape index (κ1) is 33.6. The van der Waals surface area contributed by atoms with Crippen LogP contribution in [0, 0.1) is 31.6 Å². The number of hydrogen-bond acceptors (Lipinski definition) is 5. The monoisotopic (exact) mass is 627 g/mol. The molecule has 0 saturated carbocycles. The fourth-order valence-electron chi connectivity index (χ4n) is 8.22. The van der Waals surface area contributed by atoms with Gasteiger partial charge in [-0.25, -0.2) is 0 Å². The van der Waals surface area contributed by atoms with Gasteiger partial charge in [0.25, 0.3) is 5.91 Å². The number of aliphatic hydroxyl groups excluding tert-OH is 1. The van der Waals surface area contributed by atoms with E-state index in [1.807, 2.05) is 83.1 Å². The maximum atomic E-state index is 15.1. The lowest BCUT2D eigenvalue weighted by atomic mass is 9.66. The van der Waals surface area contributed by atoms with E-state index in [2.05, 4.69) is 13.2 Å². The minimum atomic E-state index is -1.21. The highest BCUT2D eigenvalue weighted by molar-refractivity contribution is 6.05. The molecule has 8 nitrogen and oxygen atoms in total. The van der Waals surface area contributed by atoms with Gasteiger partial charge in [-0.05, 0) is 68.7 Å². The lowest BCUT2D eigenvalue weighted by Crippen LogP contribution is -2.59. The van der Waals surface area contributed by atoms with Crippen molar-refractivity contribution in [3.05, 3.63) is 90.5 Å². The Bertz CT molecular complexity index is 1490. The zero-order chi connectivity index (χ0) is 33.4. The summed E-state index contributed by atoms with van der Waals surface area (Å²) in [5.41, 5.74) is 1.50. The lowest BCUT2D eigenvalue weighted by Gasteiger charge is -2.40. The number of hydrogen-bond donors (Lipinski definition) is 1. The second-order valence-corrected chi connectivity index (χ2v) is 14.0. The number of aliphatic hydroxyl groups is 1. The predicted molar refractivity (Wildman–Crippen MR) is 180 cm³/mol. The summed E-state index contributed by atoms with van der Waals surface area (Å²) in [6.45, 7) is 18.4. The summed E-state index contributed by atoms with van der Waals surface area (Å²) in [7, 11) is 0. The minimum absolute atomic E-state index is 0.156. The van der Waals surface area contributed by atoms with Crippen LogP contribution >= 0.6 is 0 Å². The molecule has 3 aliphatic heterocycles. The number of amides is 3. The molecule has 5 rings (SSSR count). The number of ether oxygens (including phenoxy) is 1. The predicted octanol–water partition coefficient (Wildman–Crippen LogP) is 5.21. The highest BCUT2D eigenvalue weighted by atomic mass is 16.5. The number of benzene rings is 2. The van der Waals surface area contributed by atoms with E-state index in [0.29, 0.717) is 32.4 Å². The van der Waals surface area contributed by atoms with E-state index in [9.17, 15) is 14.7 Å². The minimum Gasteiger partial charge on any atom is -0.394 e. The molecule has 1 spiro atoms. The fraction of sp³-hybridized carbons (Fsp3) is 0.500. The highest BCUT2D eigenvalue weighted by Gasteiger charge is 2.79. The number of anilines is 1. The Hall–Kier alpha value is -3.75. The fourth-order valence-corrected chi connectivity index (χ4v) is 8.22. The van der Waals surface area contributed by atoms with Crippen LogP contribution in [0.5, 0.6) is 0 Å². The first-order valence-electron chi connectivity index (χ1n) is 16.5. The summed E-state index contributed by atoms with van der Waals surface area (Å²) in [6.07, 6.45) is 4.89. The molecule has 3 aliphatic rings. The molecular weight excluding hydrogens is 578 g/mol. The second kappa shape index (κ2) is 13.2. The molecule has 6 atom stereocenters. The summed E-state index contributed by atoms with van der Waals surface area (Å²) < 4.78 is 6.95. The zero-order valence-electron chi connectivity index (χ0n) is 27.9. The Morgan fingerprint density at radius 1 is 1.07 bits per heavy atom. The molecule has 0 radical (unpaired) electrons. The van der Waals surface area contributed by atoms with E-state index in [0.717, 1.165) is 22.4 Å². The molecule has 3 saturated heterocycles. The second-order valence-electron chi connectivity index (χ2n) is 14.0. The Morgan fingerprint density at radius 2 is 1.76 bits per heavy atom. The standard InChI is InChI=1S/C38H49N3O5/c1-8-19-39(23-28-13-11-10-12-14-28)34(43)31-32-35(44)41(29(24-42)21-25(3)4)33(38(32)18-17-37(31,7)46-38)36(45)40(20-9-2)30-22-26(5)15-16-27(30)6/h8-16,22,25,29,31-33,42H,1-2,17-21,23-24H2,3-7H3/t29-,31-,32+,33?,37+,38?/m1/s1. The largest absolute Gasteiger partial charge is 0.394 e. The molecule has 246 valence electrons. The quantitative estimate of drug-likeness (QED) is 0.308. The molecule has 46 heavy (non-hydrogen) atoms. The van der Waals surface area contributed by atoms with Gasteiger partial charge in [0, 0.05) is 25.3 Å². The molecule has 3 heterocycles. The SMILES string of the molecule is C=CCN(Cc1ccccc1)C(=O)[C@H]1[C@H]2C(=O)N([C@@H](CO)CC(C)C)C(C(=O)N(CC=C)c3cc(C)ccc3C)C23CC[C@]1(C)O3. The van der Waals surface area contributed by atoms with Gasteiger partial charge in [0.15, 0.2) is 0 Å². The van der Waals surface area contributed by atoms with Crippen molar-refractivity contribution in [2.45, 2.75) is 83.7 Å². The van der Waals surface area contributed by atoms with E-state index in [-0.39, 0.29) is 36.8 Å². The van der Waals surface area contributed by atoms with Crippen LogP contribution in [0.4, 0.5) is 5.69 Å². The van der Waals surface area contributed by atoms with Crippen molar-refractivity contribution in [3.63, 3.8) is 0 Å². The lowest BCUT2D eigenvalue weighted by molar-refractivity contribution is -0.152. The van der Waals surface area contributed by atoms with Gasteiger partial charge in [-0.2, -0.15) is 0 Å². The van der Waals surface area contributed by atoms with Crippen LogP contribution in [0.15, 0.2) is 73.8 Å². The Kier molecular flexibility index (Phi) is 9.62. The molecule has 0 aromatic heterocycles. The van der Waals surface area contributed by atoms with E-state index in [1.165, 1.54) is 0 Å². The van der Waals surface area contributed by atoms with Crippen LogP contribution in [0.1, 0.15) is 56.7 Å². The van der Waals surface area contributed by atoms with Gasteiger partial charge < -0.3 is 24.5 Å². The first-order chi connectivity index (χ1) is 21.9. The van der Waals surface area contributed by atoms with Crippen molar-refractivity contribution in [2.24, 2.45) is 17.8 Å². The first-order valence-corrected chi connectivity index (χ1v) is 16.5. The maximum Gasteiger partial charge on any atom is 0.253 e. The van der Waals surface area contributed by atoms with Gasteiger partial charge in [-0.1, -0.05) is 68.5 Å². The van der Waals surface area contributed by atoms with Crippen molar-refractivity contribution in [2.75, 3.05) is 24.6 Å². The third-order valence-electron chi connectivity index (χ3n) is 10.2. The average molecular weight is 628 g/mol. The van der Waals surface area contributed by atoms with Crippen molar-refractivity contribution >= 4 is 23.4 Å². The van der Waals surface area contributed by atoms with Crippen molar-refractivity contribution in [1.82, 2.24) is 9.80 Å². The zero-order valence-corrected chi connectivity index (χ0v) is 27.9. The number of likely N-dealkylation sites (tertiary alicyclic amines) is 1. The molecule has 1 N–H and O–H groups in total. The number of carbonyl (C=O) groups is 3. The van der Waals surface area contributed by atoms with E-state index >= 15 is 4.79 Å². The van der Waals surface area contributed by atoms with E-state index < -0.39 is 35.1 Å². The van der Waals surface area contributed by atoms with Crippen LogP contribution < -0.4 is 4.90 Å². The molecule has 2 bridgehead atoms. The van der Waals surface area contributed by atoms with Crippen LogP contribution in [-0.2, 0) is 25.7 Å². The smallest absolute Gasteiger partial charge is 0.253 e. The molecule has 2 aromatic rings. The third-order valence-corrected chi connectivity index (χ3v) is 10.2. The Balaban J connectivity index is 1.62. The highest BCUT2D eigenvalue weighted by Crippen LogP contribution is 2.64. The van der Waals surface area contributed by atoms with Crippen molar-refractivity contribution in [3.8, 4) is 0 Å². The molecule has 3 fully saturated rings. The van der Waals surface area contributed by atoms with Crippen LogP contribution in [0.25, 0.3) is 0 Å². The number of carbonyl (C=O) groups excluding carboxylic acids is 3. The number of aryl methyl sites for hydroxylation is 2. The summed E-state index contributed by atoms with van der Waals surface area (Å²) in [4.78, 5) is 49.6. The maximum absolute atomic E-state index is 15.1. The Morgan fingerprint density at radius 3 is 2.39 bits per heavy atom. The molecule has 0 aliphatic carbocycles. The molecule has 2 aromatic carbocycles. The molecular formula is C38H49N3O5. The average Bonchev–Trinajstić information content (AvgIpc) is 3.60. The third kappa shape index (κ3) is 5.71.